The van der Waals surface area contributed by atoms with Gasteiger partial charge in [0.05, 0.1) is 39.5 Å². The van der Waals surface area contributed by atoms with E-state index < -0.39 is 22.0 Å². The molecule has 0 aromatic heterocycles. The fourth-order valence-electron chi connectivity index (χ4n) is 2.82. The van der Waals surface area contributed by atoms with E-state index in [1.807, 2.05) is 0 Å². The second kappa shape index (κ2) is 9.97. The molecule has 30 heavy (non-hydrogen) atoms. The molecule has 0 unspecified atom stereocenters. The number of hydrazone groups is 1. The number of nitrogens with zero attached hydrogens (tertiary/aromatic N) is 2. The predicted molar refractivity (Wildman–Crippen MR) is 115 cm³/mol. The molecule has 2 aromatic rings. The molecule has 0 aliphatic rings. The fraction of sp³-hybridized carbons (Fsp3) is 0.300. The lowest BCUT2D eigenvalue weighted by Gasteiger charge is -2.27. The number of nitrogens with one attached hydrogen (secondary N) is 1. The molecule has 0 aliphatic heterocycles. The molecule has 0 saturated heterocycles. The van der Waals surface area contributed by atoms with Gasteiger partial charge in [-0.2, -0.15) is 5.10 Å². The second-order valence-electron chi connectivity index (χ2n) is 6.26. The van der Waals surface area contributed by atoms with E-state index in [9.17, 15) is 13.2 Å². The van der Waals surface area contributed by atoms with Crippen LogP contribution in [0.1, 0.15) is 12.5 Å². The molecule has 1 N–H and O–H groups in total. The van der Waals surface area contributed by atoms with E-state index in [0.717, 1.165) is 10.6 Å². The van der Waals surface area contributed by atoms with Crippen molar-refractivity contribution in [3.05, 3.63) is 48.0 Å². The van der Waals surface area contributed by atoms with Crippen molar-refractivity contribution in [3.8, 4) is 17.2 Å². The number of rotatable bonds is 9. The van der Waals surface area contributed by atoms with Gasteiger partial charge in [-0.1, -0.05) is 18.2 Å². The number of hydrogen-bond donors (Lipinski definition) is 1. The maximum atomic E-state index is 12.5. The van der Waals surface area contributed by atoms with Crippen molar-refractivity contribution in [2.75, 3.05) is 31.9 Å². The molecule has 0 bridgehead atoms. The lowest BCUT2D eigenvalue weighted by atomic mass is 10.2. The van der Waals surface area contributed by atoms with E-state index >= 15 is 0 Å². The summed E-state index contributed by atoms with van der Waals surface area (Å²) in [6, 6.07) is 10.7. The molecule has 1 amide bonds. The summed E-state index contributed by atoms with van der Waals surface area (Å²) in [6.45, 7) is 1.48. The summed E-state index contributed by atoms with van der Waals surface area (Å²) in [5.74, 6) is 0.713. The number of sulfonamides is 1. The zero-order chi connectivity index (χ0) is 22.3. The van der Waals surface area contributed by atoms with Crippen molar-refractivity contribution in [2.45, 2.75) is 13.0 Å². The van der Waals surface area contributed by atoms with Crippen LogP contribution in [0.2, 0.25) is 0 Å². The number of hydrogen-bond acceptors (Lipinski definition) is 7. The number of ether oxygens (including phenoxy) is 3. The van der Waals surface area contributed by atoms with E-state index in [1.54, 1.807) is 42.5 Å². The van der Waals surface area contributed by atoms with Crippen LogP contribution in [0.5, 0.6) is 17.2 Å². The average Bonchev–Trinajstić information content (AvgIpc) is 2.72. The Morgan fingerprint density at radius 2 is 1.63 bits per heavy atom. The van der Waals surface area contributed by atoms with Gasteiger partial charge in [-0.25, -0.2) is 13.8 Å². The first-order valence-electron chi connectivity index (χ1n) is 8.90. The lowest BCUT2D eigenvalue weighted by Crippen LogP contribution is -2.46. The van der Waals surface area contributed by atoms with Gasteiger partial charge in [-0.15, -0.1) is 0 Å². The Bertz CT molecular complexity index is 983. The van der Waals surface area contributed by atoms with Crippen LogP contribution in [0.3, 0.4) is 0 Å². The molecular weight excluding hydrogens is 410 g/mol. The molecule has 10 heteroatoms. The normalized spacial score (nSPS) is 12.3. The van der Waals surface area contributed by atoms with Crippen molar-refractivity contribution in [3.63, 3.8) is 0 Å². The van der Waals surface area contributed by atoms with E-state index in [1.165, 1.54) is 34.5 Å². The van der Waals surface area contributed by atoms with Crippen molar-refractivity contribution >= 4 is 27.8 Å². The molecule has 1 atom stereocenters. The number of benzene rings is 2. The average molecular weight is 436 g/mol. The van der Waals surface area contributed by atoms with E-state index in [4.69, 9.17) is 14.2 Å². The van der Waals surface area contributed by atoms with Gasteiger partial charge in [-0.05, 0) is 31.2 Å². The standard InChI is InChI=1S/C20H25N3O6S/c1-14(23(30(5,25)26)16-9-7-6-8-10-16)20(24)22-21-13-15-11-17(27-2)19(29-4)18(12-15)28-3/h6-14H,1-5H3,(H,22,24)/b21-13-/t14-/m0/s1. The van der Waals surface area contributed by atoms with Crippen LogP contribution in [0.4, 0.5) is 5.69 Å². The zero-order valence-electron chi connectivity index (χ0n) is 17.4. The molecule has 2 rings (SSSR count). The first kappa shape index (κ1) is 23.0. The van der Waals surface area contributed by atoms with E-state index in [2.05, 4.69) is 10.5 Å². The van der Waals surface area contributed by atoms with Crippen LogP contribution in [-0.4, -0.2) is 54.2 Å². The van der Waals surface area contributed by atoms with Gasteiger partial charge in [0, 0.05) is 5.56 Å². The highest BCUT2D eigenvalue weighted by atomic mass is 32.2. The highest BCUT2D eigenvalue weighted by Gasteiger charge is 2.28. The van der Waals surface area contributed by atoms with Gasteiger partial charge < -0.3 is 14.2 Å². The molecule has 0 aliphatic carbocycles. The minimum atomic E-state index is -3.69. The summed E-state index contributed by atoms with van der Waals surface area (Å²) < 4.78 is 41.3. The van der Waals surface area contributed by atoms with Gasteiger partial charge in [-0.3, -0.25) is 9.10 Å². The molecule has 2 aromatic carbocycles. The van der Waals surface area contributed by atoms with Crippen LogP contribution in [-0.2, 0) is 14.8 Å². The molecule has 0 saturated carbocycles. The minimum Gasteiger partial charge on any atom is -0.493 e. The SMILES string of the molecule is COc1cc(/C=N\NC(=O)[C@H](C)N(c2ccccc2)S(C)(=O)=O)cc(OC)c1OC. The summed E-state index contributed by atoms with van der Waals surface area (Å²) in [5.41, 5.74) is 3.34. The monoisotopic (exact) mass is 435 g/mol. The lowest BCUT2D eigenvalue weighted by molar-refractivity contribution is -0.121. The van der Waals surface area contributed by atoms with E-state index in [0.29, 0.717) is 28.5 Å². The molecule has 0 spiro atoms. The minimum absolute atomic E-state index is 0.385. The molecule has 162 valence electrons. The van der Waals surface area contributed by atoms with Crippen molar-refractivity contribution in [1.29, 1.82) is 0 Å². The summed E-state index contributed by atoms with van der Waals surface area (Å²) in [6.07, 6.45) is 2.44. The second-order valence-corrected chi connectivity index (χ2v) is 8.12. The number of anilines is 1. The van der Waals surface area contributed by atoms with Crippen molar-refractivity contribution < 1.29 is 27.4 Å². The van der Waals surface area contributed by atoms with Crippen LogP contribution in [0.15, 0.2) is 47.6 Å². The maximum Gasteiger partial charge on any atom is 0.263 e. The zero-order valence-corrected chi connectivity index (χ0v) is 18.3. The predicted octanol–water partition coefficient (Wildman–Crippen LogP) is 2.02. The molecule has 0 heterocycles. The molecule has 0 radical (unpaired) electrons. The Morgan fingerprint density at radius 1 is 1.07 bits per heavy atom. The Morgan fingerprint density at radius 3 is 2.10 bits per heavy atom. The smallest absolute Gasteiger partial charge is 0.263 e. The quantitative estimate of drug-likeness (QED) is 0.477. The van der Waals surface area contributed by atoms with Gasteiger partial charge in [0.1, 0.15) is 6.04 Å². The first-order chi connectivity index (χ1) is 14.2. The van der Waals surface area contributed by atoms with Crippen molar-refractivity contribution in [2.24, 2.45) is 5.10 Å². The number of amides is 1. The third-order valence-electron chi connectivity index (χ3n) is 4.17. The van der Waals surface area contributed by atoms with Gasteiger partial charge in [0.25, 0.3) is 5.91 Å². The topological polar surface area (TPSA) is 107 Å². The molecular formula is C20H25N3O6S. The molecule has 0 fully saturated rings. The summed E-state index contributed by atoms with van der Waals surface area (Å²) in [5, 5.41) is 3.93. The summed E-state index contributed by atoms with van der Waals surface area (Å²) in [7, 11) is 0.787. The van der Waals surface area contributed by atoms with Gasteiger partial charge >= 0.3 is 0 Å². The fourth-order valence-corrected chi connectivity index (χ4v) is 4.00. The Kier molecular flexibility index (Phi) is 7.65. The Hall–Kier alpha value is -3.27. The highest BCUT2D eigenvalue weighted by Crippen LogP contribution is 2.37. The van der Waals surface area contributed by atoms with Crippen LogP contribution >= 0.6 is 0 Å². The van der Waals surface area contributed by atoms with Crippen LogP contribution in [0.25, 0.3) is 0 Å². The summed E-state index contributed by atoms with van der Waals surface area (Å²) in [4.78, 5) is 12.5. The third-order valence-corrected chi connectivity index (χ3v) is 5.42. The Labute approximate surface area is 176 Å². The van der Waals surface area contributed by atoms with E-state index in [-0.39, 0.29) is 0 Å². The third kappa shape index (κ3) is 5.41. The number of methoxy groups -OCH3 is 3. The largest absolute Gasteiger partial charge is 0.493 e. The van der Waals surface area contributed by atoms with Crippen LogP contribution in [0, 0.1) is 0 Å². The highest BCUT2D eigenvalue weighted by molar-refractivity contribution is 7.92. The number of carbonyl (C=O) groups excluding carboxylic acids is 1. The van der Waals surface area contributed by atoms with Crippen molar-refractivity contribution in [1.82, 2.24) is 5.43 Å². The van der Waals surface area contributed by atoms with Gasteiger partial charge in [0.2, 0.25) is 15.8 Å². The van der Waals surface area contributed by atoms with Gasteiger partial charge in [0.15, 0.2) is 11.5 Å². The maximum absolute atomic E-state index is 12.5. The summed E-state index contributed by atoms with van der Waals surface area (Å²) >= 11 is 0. The molecule has 9 nitrogen and oxygen atoms in total. The number of carbonyl (C=O) groups is 1. The first-order valence-corrected chi connectivity index (χ1v) is 10.7. The number of para-hydroxylation sites is 1. The van der Waals surface area contributed by atoms with Crippen LogP contribution < -0.4 is 23.9 Å². The Balaban J connectivity index is 2.20.